The van der Waals surface area contributed by atoms with Crippen LogP contribution in [0.1, 0.15) is 24.4 Å². The molecule has 26 heavy (non-hydrogen) atoms. The molecule has 132 valence electrons. The number of H-pyrrole nitrogens is 1. The first kappa shape index (κ1) is 17.1. The van der Waals surface area contributed by atoms with Gasteiger partial charge in [-0.25, -0.2) is 4.98 Å². The van der Waals surface area contributed by atoms with Crippen LogP contribution in [0.5, 0.6) is 0 Å². The SMILES string of the molecule is C[C@@H](NCCc1ccccc1)c1nc2scc(-c3cccs3)c2c(=O)[nH]1. The minimum Gasteiger partial charge on any atom is -0.309 e. The van der Waals surface area contributed by atoms with Crippen LogP contribution in [0, 0.1) is 0 Å². The van der Waals surface area contributed by atoms with Gasteiger partial charge in [0.25, 0.3) is 5.56 Å². The molecule has 6 heteroatoms. The summed E-state index contributed by atoms with van der Waals surface area (Å²) in [5.74, 6) is 0.690. The maximum absolute atomic E-state index is 12.7. The van der Waals surface area contributed by atoms with Gasteiger partial charge in [-0.2, -0.15) is 0 Å². The third-order valence-corrected chi connectivity index (χ3v) is 6.14. The van der Waals surface area contributed by atoms with Crippen LogP contribution >= 0.6 is 22.7 Å². The summed E-state index contributed by atoms with van der Waals surface area (Å²) in [6.45, 7) is 2.86. The van der Waals surface area contributed by atoms with E-state index in [-0.39, 0.29) is 11.6 Å². The molecule has 4 aromatic rings. The molecule has 0 aliphatic heterocycles. The van der Waals surface area contributed by atoms with Crippen molar-refractivity contribution in [3.05, 3.63) is 75.0 Å². The van der Waals surface area contributed by atoms with Crippen LogP contribution in [-0.2, 0) is 6.42 Å². The van der Waals surface area contributed by atoms with E-state index in [0.29, 0.717) is 11.2 Å². The van der Waals surface area contributed by atoms with E-state index in [0.717, 1.165) is 28.2 Å². The number of rotatable bonds is 6. The minimum absolute atomic E-state index is 0.0110. The summed E-state index contributed by atoms with van der Waals surface area (Å²) in [4.78, 5) is 22.2. The van der Waals surface area contributed by atoms with Gasteiger partial charge in [0, 0.05) is 15.8 Å². The highest BCUT2D eigenvalue weighted by molar-refractivity contribution is 7.18. The number of hydrogen-bond donors (Lipinski definition) is 2. The van der Waals surface area contributed by atoms with Crippen molar-refractivity contribution in [3.8, 4) is 10.4 Å². The molecule has 0 fully saturated rings. The molecule has 0 spiro atoms. The average molecular weight is 382 g/mol. The first-order chi connectivity index (χ1) is 12.7. The van der Waals surface area contributed by atoms with E-state index in [9.17, 15) is 4.79 Å². The van der Waals surface area contributed by atoms with Gasteiger partial charge in [-0.05, 0) is 36.9 Å². The van der Waals surface area contributed by atoms with Crippen LogP contribution in [0.2, 0.25) is 0 Å². The number of hydrogen-bond acceptors (Lipinski definition) is 5. The van der Waals surface area contributed by atoms with E-state index in [4.69, 9.17) is 4.98 Å². The van der Waals surface area contributed by atoms with E-state index in [1.54, 1.807) is 11.3 Å². The lowest BCUT2D eigenvalue weighted by molar-refractivity contribution is 0.550. The van der Waals surface area contributed by atoms with E-state index in [1.807, 2.05) is 48.0 Å². The molecule has 4 rings (SSSR count). The fourth-order valence-corrected chi connectivity index (χ4v) is 4.73. The third kappa shape index (κ3) is 3.49. The van der Waals surface area contributed by atoms with Crippen LogP contribution in [0.4, 0.5) is 0 Å². The number of fused-ring (bicyclic) bond motifs is 1. The monoisotopic (exact) mass is 381 g/mol. The van der Waals surface area contributed by atoms with Crippen LogP contribution in [0.3, 0.4) is 0 Å². The van der Waals surface area contributed by atoms with Crippen molar-refractivity contribution in [2.24, 2.45) is 0 Å². The van der Waals surface area contributed by atoms with E-state index in [2.05, 4.69) is 22.4 Å². The number of aromatic amines is 1. The molecule has 0 bridgehead atoms. The zero-order chi connectivity index (χ0) is 17.9. The summed E-state index contributed by atoms with van der Waals surface area (Å²) in [6.07, 6.45) is 0.944. The Morgan fingerprint density at radius 3 is 2.77 bits per heavy atom. The first-order valence-electron chi connectivity index (χ1n) is 8.55. The number of benzene rings is 1. The fraction of sp³-hybridized carbons (Fsp3) is 0.200. The molecule has 1 aromatic carbocycles. The first-order valence-corrected chi connectivity index (χ1v) is 10.3. The van der Waals surface area contributed by atoms with Crippen molar-refractivity contribution in [2.75, 3.05) is 6.54 Å². The minimum atomic E-state index is -0.0636. The molecule has 0 radical (unpaired) electrons. The van der Waals surface area contributed by atoms with E-state index < -0.39 is 0 Å². The van der Waals surface area contributed by atoms with Crippen LogP contribution in [0.25, 0.3) is 20.7 Å². The largest absolute Gasteiger partial charge is 0.309 e. The average Bonchev–Trinajstić information content (AvgIpc) is 3.32. The summed E-state index contributed by atoms with van der Waals surface area (Å²) >= 11 is 3.16. The number of aromatic nitrogens is 2. The standard InChI is InChI=1S/C20H19N3OS2/c1-13(21-10-9-14-6-3-2-4-7-14)18-22-19(24)17-15(12-26-20(17)23-18)16-8-5-11-25-16/h2-8,11-13,21H,9-10H2,1H3,(H,22,23,24)/t13-/m1/s1. The van der Waals surface area contributed by atoms with Gasteiger partial charge in [-0.1, -0.05) is 36.4 Å². The molecule has 3 aromatic heterocycles. The van der Waals surface area contributed by atoms with E-state index >= 15 is 0 Å². The van der Waals surface area contributed by atoms with Gasteiger partial charge in [-0.15, -0.1) is 22.7 Å². The summed E-state index contributed by atoms with van der Waals surface area (Å²) in [7, 11) is 0. The quantitative estimate of drug-likeness (QED) is 0.513. The van der Waals surface area contributed by atoms with Gasteiger partial charge in [0.15, 0.2) is 0 Å². The van der Waals surface area contributed by atoms with Crippen molar-refractivity contribution in [1.29, 1.82) is 0 Å². The maximum Gasteiger partial charge on any atom is 0.260 e. The Morgan fingerprint density at radius 1 is 1.15 bits per heavy atom. The molecule has 4 nitrogen and oxygen atoms in total. The smallest absolute Gasteiger partial charge is 0.260 e. The molecule has 0 saturated carbocycles. The van der Waals surface area contributed by atoms with Gasteiger partial charge in [0.05, 0.1) is 11.4 Å². The second kappa shape index (κ2) is 7.53. The molecule has 0 aliphatic rings. The van der Waals surface area contributed by atoms with Gasteiger partial charge >= 0.3 is 0 Å². The normalized spacial score (nSPS) is 12.5. The number of thiophene rings is 2. The number of nitrogens with zero attached hydrogens (tertiary/aromatic N) is 1. The summed E-state index contributed by atoms with van der Waals surface area (Å²) < 4.78 is 0. The van der Waals surface area contributed by atoms with Gasteiger partial charge in [0.2, 0.25) is 0 Å². The summed E-state index contributed by atoms with van der Waals surface area (Å²) in [5.41, 5.74) is 2.21. The van der Waals surface area contributed by atoms with Crippen LogP contribution < -0.4 is 10.9 Å². The highest BCUT2D eigenvalue weighted by Gasteiger charge is 2.16. The fourth-order valence-electron chi connectivity index (χ4n) is 2.96. The van der Waals surface area contributed by atoms with Gasteiger partial charge in [0.1, 0.15) is 10.7 Å². The lowest BCUT2D eigenvalue weighted by atomic mass is 10.1. The van der Waals surface area contributed by atoms with Crippen LogP contribution in [0.15, 0.2) is 58.0 Å². The lowest BCUT2D eigenvalue weighted by Gasteiger charge is -2.13. The molecular weight excluding hydrogens is 362 g/mol. The summed E-state index contributed by atoms with van der Waals surface area (Å²) in [6, 6.07) is 14.4. The molecular formula is C20H19N3OS2. The van der Waals surface area contributed by atoms with Crippen molar-refractivity contribution >= 4 is 32.9 Å². The van der Waals surface area contributed by atoms with Crippen molar-refractivity contribution in [2.45, 2.75) is 19.4 Å². The molecule has 2 N–H and O–H groups in total. The van der Waals surface area contributed by atoms with Crippen LogP contribution in [-0.4, -0.2) is 16.5 Å². The Bertz CT molecular complexity index is 1050. The van der Waals surface area contributed by atoms with Crippen molar-refractivity contribution < 1.29 is 0 Å². The Kier molecular flexibility index (Phi) is 4.97. The lowest BCUT2D eigenvalue weighted by Crippen LogP contribution is -2.25. The Morgan fingerprint density at radius 2 is 2.00 bits per heavy atom. The maximum atomic E-state index is 12.7. The van der Waals surface area contributed by atoms with Gasteiger partial charge in [-0.3, -0.25) is 4.79 Å². The Balaban J connectivity index is 1.53. The topological polar surface area (TPSA) is 57.8 Å². The third-order valence-electron chi connectivity index (χ3n) is 4.37. The Hall–Kier alpha value is -2.28. The second-order valence-electron chi connectivity index (χ2n) is 6.17. The molecule has 1 atom stereocenters. The van der Waals surface area contributed by atoms with Crippen molar-refractivity contribution in [1.82, 2.24) is 15.3 Å². The zero-order valence-electron chi connectivity index (χ0n) is 14.4. The highest BCUT2D eigenvalue weighted by atomic mass is 32.1. The second-order valence-corrected chi connectivity index (χ2v) is 7.98. The van der Waals surface area contributed by atoms with Gasteiger partial charge < -0.3 is 10.3 Å². The molecule has 0 saturated heterocycles. The molecule has 3 heterocycles. The number of nitrogens with one attached hydrogen (secondary N) is 2. The molecule has 0 unspecified atom stereocenters. The summed E-state index contributed by atoms with van der Waals surface area (Å²) in [5, 5.41) is 8.19. The molecule has 0 amide bonds. The Labute approximate surface area is 159 Å². The predicted octanol–water partition coefficient (Wildman–Crippen LogP) is 4.61. The highest BCUT2D eigenvalue weighted by Crippen LogP contribution is 2.33. The van der Waals surface area contributed by atoms with E-state index in [1.165, 1.54) is 16.9 Å². The zero-order valence-corrected chi connectivity index (χ0v) is 16.0. The van der Waals surface area contributed by atoms with Crippen molar-refractivity contribution in [3.63, 3.8) is 0 Å². The molecule has 0 aliphatic carbocycles. The predicted molar refractivity (Wildman–Crippen MR) is 110 cm³/mol.